The molecule has 0 aromatic heterocycles. The van der Waals surface area contributed by atoms with Gasteiger partial charge in [0.15, 0.2) is 0 Å². The molecule has 0 atom stereocenters. The van der Waals surface area contributed by atoms with Gasteiger partial charge in [-0.1, -0.05) is 0 Å². The lowest BCUT2D eigenvalue weighted by Crippen LogP contribution is -2.07. The summed E-state index contributed by atoms with van der Waals surface area (Å²) in [6.45, 7) is 0.178. The monoisotopic (exact) mass is 174 g/mol. The summed E-state index contributed by atoms with van der Waals surface area (Å²) in [6, 6.07) is 0. The fourth-order valence-electron chi connectivity index (χ4n) is 0.350. The van der Waals surface area contributed by atoms with Gasteiger partial charge in [0.1, 0.15) is 11.2 Å². The number of amides is 1. The van der Waals surface area contributed by atoms with E-state index in [1.807, 2.05) is 0 Å². The van der Waals surface area contributed by atoms with Crippen molar-refractivity contribution >= 4 is 32.7 Å². The van der Waals surface area contributed by atoms with Crippen molar-refractivity contribution in [2.45, 2.75) is 0 Å². The minimum Gasteiger partial charge on any atom is -0.270 e. The maximum Gasteiger partial charge on any atom is 0.267 e. The summed E-state index contributed by atoms with van der Waals surface area (Å²) in [7, 11) is 0. The molecule has 0 saturated carbocycles. The molecule has 0 bridgehead atoms. The zero-order valence-electron chi connectivity index (χ0n) is 3.97. The van der Waals surface area contributed by atoms with E-state index >= 15 is 0 Å². The van der Waals surface area contributed by atoms with Crippen LogP contribution in [0.15, 0.2) is 9.98 Å². The molecule has 0 saturated heterocycles. The van der Waals surface area contributed by atoms with Crippen molar-refractivity contribution in [2.75, 3.05) is 6.54 Å². The first-order valence-corrected chi connectivity index (χ1v) is 2.85. The second-order valence-corrected chi connectivity index (χ2v) is 2.10. The molecule has 1 amide bonds. The Labute approximate surface area is 54.6 Å². The molecule has 1 heterocycles. The zero-order valence-corrected chi connectivity index (χ0v) is 5.55. The van der Waals surface area contributed by atoms with Gasteiger partial charge in [-0.15, -0.1) is 0 Å². The van der Waals surface area contributed by atoms with E-state index in [1.165, 1.54) is 6.21 Å². The molecule has 1 rings (SSSR count). The maximum atomic E-state index is 10.3. The summed E-state index contributed by atoms with van der Waals surface area (Å²) in [5.74, 6) is -0.187. The van der Waals surface area contributed by atoms with Crippen molar-refractivity contribution in [3.8, 4) is 0 Å². The fraction of sp³-hybridized carbons (Fsp3) is 0.250. The van der Waals surface area contributed by atoms with Crippen LogP contribution < -0.4 is 0 Å². The van der Waals surface area contributed by atoms with Crippen LogP contribution in [0.1, 0.15) is 0 Å². The predicted molar refractivity (Wildman–Crippen MR) is 34.7 cm³/mol. The topological polar surface area (TPSA) is 41.8 Å². The van der Waals surface area contributed by atoms with Gasteiger partial charge in [0.2, 0.25) is 0 Å². The largest absolute Gasteiger partial charge is 0.270 e. The first-order valence-electron chi connectivity index (χ1n) is 2.06. The van der Waals surface area contributed by atoms with E-state index in [1.54, 1.807) is 0 Å². The Morgan fingerprint density at radius 3 is 2.88 bits per heavy atom. The Kier molecular flexibility index (Phi) is 1.53. The Morgan fingerprint density at radius 2 is 2.50 bits per heavy atom. The highest BCUT2D eigenvalue weighted by atomic mass is 79.9. The van der Waals surface area contributed by atoms with Gasteiger partial charge < -0.3 is 0 Å². The molecule has 0 spiro atoms. The van der Waals surface area contributed by atoms with Crippen molar-refractivity contribution in [1.82, 2.24) is 0 Å². The third-order valence-electron chi connectivity index (χ3n) is 0.680. The van der Waals surface area contributed by atoms with E-state index in [9.17, 15) is 4.79 Å². The van der Waals surface area contributed by atoms with Crippen LogP contribution in [0.5, 0.6) is 0 Å². The van der Waals surface area contributed by atoms with E-state index in [-0.39, 0.29) is 12.5 Å². The van der Waals surface area contributed by atoms with E-state index in [2.05, 4.69) is 25.9 Å². The number of hydrogen-bond acceptors (Lipinski definition) is 2. The van der Waals surface area contributed by atoms with Crippen molar-refractivity contribution < 1.29 is 4.79 Å². The zero-order chi connectivity index (χ0) is 5.98. The smallest absolute Gasteiger partial charge is 0.267 e. The normalized spacial score (nSPS) is 18.6. The molecule has 0 fully saturated rings. The van der Waals surface area contributed by atoms with Crippen LogP contribution in [0.25, 0.3) is 0 Å². The van der Waals surface area contributed by atoms with Gasteiger partial charge in [0.05, 0.1) is 6.21 Å². The lowest BCUT2D eigenvalue weighted by molar-refractivity contribution is -0.116. The summed E-state index contributed by atoms with van der Waals surface area (Å²) in [4.78, 5) is 17.5. The molecule has 0 aliphatic carbocycles. The average molecular weight is 175 g/mol. The molecule has 0 radical (unpaired) electrons. The van der Waals surface area contributed by atoms with Crippen molar-refractivity contribution in [2.24, 2.45) is 9.98 Å². The molecular weight excluding hydrogens is 172 g/mol. The molecule has 4 heteroatoms. The van der Waals surface area contributed by atoms with Crippen LogP contribution in [-0.4, -0.2) is 23.3 Å². The molecule has 1 aliphatic rings. The van der Waals surface area contributed by atoms with Gasteiger partial charge in [-0.25, -0.2) is 4.99 Å². The quantitative estimate of drug-likeness (QED) is 0.525. The second-order valence-electron chi connectivity index (χ2n) is 1.29. The molecule has 0 aromatic rings. The van der Waals surface area contributed by atoms with Crippen molar-refractivity contribution in [1.29, 1.82) is 0 Å². The summed E-state index contributed by atoms with van der Waals surface area (Å²) < 4.78 is 0.636. The Balaban J connectivity index is 2.71. The number of aliphatic imine (C=N–C) groups is 2. The molecule has 0 unspecified atom stereocenters. The SMILES string of the molecule is O=C1CN=C(Br)C=N1. The molecule has 3 nitrogen and oxygen atoms in total. The Bertz CT molecular complexity index is 170. The average Bonchev–Trinajstić information content (AvgIpc) is 1.77. The summed E-state index contributed by atoms with van der Waals surface area (Å²) in [6.07, 6.45) is 1.39. The molecule has 42 valence electrons. The Morgan fingerprint density at radius 1 is 1.75 bits per heavy atom. The number of hydrogen-bond donors (Lipinski definition) is 0. The van der Waals surface area contributed by atoms with E-state index < -0.39 is 0 Å². The highest BCUT2D eigenvalue weighted by Crippen LogP contribution is 1.92. The van der Waals surface area contributed by atoms with Gasteiger partial charge in [-0.3, -0.25) is 9.79 Å². The number of rotatable bonds is 0. The Hall–Kier alpha value is -0.510. The van der Waals surface area contributed by atoms with Crippen LogP contribution in [0.4, 0.5) is 0 Å². The maximum absolute atomic E-state index is 10.3. The number of halogens is 1. The third-order valence-corrected chi connectivity index (χ3v) is 1.14. The van der Waals surface area contributed by atoms with Gasteiger partial charge in [0, 0.05) is 0 Å². The molecule has 0 aromatic carbocycles. The summed E-state index contributed by atoms with van der Waals surface area (Å²) in [5.41, 5.74) is 0. The highest BCUT2D eigenvalue weighted by Gasteiger charge is 2.01. The second kappa shape index (κ2) is 2.17. The van der Waals surface area contributed by atoms with Gasteiger partial charge in [-0.2, -0.15) is 0 Å². The van der Waals surface area contributed by atoms with E-state index in [0.717, 1.165) is 0 Å². The lowest BCUT2D eigenvalue weighted by Gasteiger charge is -1.94. The van der Waals surface area contributed by atoms with Crippen molar-refractivity contribution in [3.63, 3.8) is 0 Å². The number of carbonyl (C=O) groups is 1. The van der Waals surface area contributed by atoms with E-state index in [0.29, 0.717) is 4.62 Å². The summed E-state index contributed by atoms with van der Waals surface area (Å²) in [5, 5.41) is 0. The van der Waals surface area contributed by atoms with Crippen LogP contribution in [0, 0.1) is 0 Å². The van der Waals surface area contributed by atoms with Crippen LogP contribution in [-0.2, 0) is 4.79 Å². The van der Waals surface area contributed by atoms with Crippen LogP contribution >= 0.6 is 15.9 Å². The summed E-state index contributed by atoms with van der Waals surface area (Å²) >= 11 is 3.06. The molecule has 8 heavy (non-hydrogen) atoms. The van der Waals surface area contributed by atoms with E-state index in [4.69, 9.17) is 0 Å². The van der Waals surface area contributed by atoms with Gasteiger partial charge in [-0.05, 0) is 15.9 Å². The first kappa shape index (κ1) is 5.62. The highest BCUT2D eigenvalue weighted by molar-refractivity contribution is 9.19. The molecule has 0 N–H and O–H groups in total. The van der Waals surface area contributed by atoms with Gasteiger partial charge >= 0.3 is 0 Å². The fourth-order valence-corrected chi connectivity index (χ4v) is 0.578. The van der Waals surface area contributed by atoms with Gasteiger partial charge in [0.25, 0.3) is 5.91 Å². The minimum atomic E-state index is -0.187. The third kappa shape index (κ3) is 1.23. The molecular formula is C4H3BrN2O. The number of carbonyl (C=O) groups excluding carboxylic acids is 1. The van der Waals surface area contributed by atoms with Crippen LogP contribution in [0.2, 0.25) is 0 Å². The first-order chi connectivity index (χ1) is 3.79. The number of nitrogens with zero attached hydrogens (tertiary/aromatic N) is 2. The standard InChI is InChI=1S/C4H3BrN2O/c5-3-1-7-4(8)2-6-3/h1H,2H2. The predicted octanol–water partition coefficient (Wildman–Crippen LogP) is 0.391. The van der Waals surface area contributed by atoms with Crippen molar-refractivity contribution in [3.05, 3.63) is 0 Å². The van der Waals surface area contributed by atoms with Crippen LogP contribution in [0.3, 0.4) is 0 Å². The lowest BCUT2D eigenvalue weighted by atomic mass is 10.5. The molecule has 1 aliphatic heterocycles. The minimum absolute atomic E-state index is 0.178.